The molecule has 10 heteroatoms. The standard InChI is InChI=1S/C17H17ClF3N3O3/c1-9(10-3-5-11(18)6-4-10)27-13-7-12(24-14(13)16(26)22-2)15(25)23-8-17(19,20)21/h3-7,9,24H,8H2,1-2H3,(H,22,26)(H,23,25)/t9-/m1/s1. The van der Waals surface area contributed by atoms with Crippen molar-refractivity contribution in [1.82, 2.24) is 15.6 Å². The summed E-state index contributed by atoms with van der Waals surface area (Å²) in [6.45, 7) is 0.227. The van der Waals surface area contributed by atoms with E-state index >= 15 is 0 Å². The van der Waals surface area contributed by atoms with Crippen LogP contribution in [0.5, 0.6) is 5.75 Å². The minimum atomic E-state index is -4.55. The highest BCUT2D eigenvalue weighted by Gasteiger charge is 2.29. The fourth-order valence-corrected chi connectivity index (χ4v) is 2.34. The van der Waals surface area contributed by atoms with Gasteiger partial charge in [0.05, 0.1) is 0 Å². The zero-order chi connectivity index (χ0) is 20.2. The van der Waals surface area contributed by atoms with Crippen LogP contribution in [0.25, 0.3) is 0 Å². The third kappa shape index (κ3) is 5.65. The summed E-state index contributed by atoms with van der Waals surface area (Å²) in [5, 5.41) is 4.65. The number of benzene rings is 1. The zero-order valence-corrected chi connectivity index (χ0v) is 15.2. The predicted octanol–water partition coefficient (Wildman–Crippen LogP) is 3.46. The number of hydrogen-bond acceptors (Lipinski definition) is 3. The van der Waals surface area contributed by atoms with Gasteiger partial charge in [0, 0.05) is 18.1 Å². The maximum absolute atomic E-state index is 12.3. The molecule has 0 aliphatic rings. The summed E-state index contributed by atoms with van der Waals surface area (Å²) in [7, 11) is 1.37. The fourth-order valence-electron chi connectivity index (χ4n) is 2.21. The lowest BCUT2D eigenvalue weighted by molar-refractivity contribution is -0.123. The lowest BCUT2D eigenvalue weighted by Crippen LogP contribution is -2.34. The number of rotatable bonds is 6. The molecule has 1 heterocycles. The number of carbonyl (C=O) groups excluding carboxylic acids is 2. The molecule has 146 valence electrons. The minimum Gasteiger partial charge on any atom is -0.484 e. The lowest BCUT2D eigenvalue weighted by Gasteiger charge is -2.15. The Balaban J connectivity index is 2.23. The average molecular weight is 404 g/mol. The van der Waals surface area contributed by atoms with Crippen molar-refractivity contribution in [3.05, 3.63) is 52.3 Å². The lowest BCUT2D eigenvalue weighted by atomic mass is 10.1. The SMILES string of the molecule is CNC(=O)c1[nH]c(C(=O)NCC(F)(F)F)cc1O[C@H](C)c1ccc(Cl)cc1. The van der Waals surface area contributed by atoms with Crippen molar-refractivity contribution in [2.75, 3.05) is 13.6 Å². The Labute approximate surface area is 158 Å². The molecule has 27 heavy (non-hydrogen) atoms. The van der Waals surface area contributed by atoms with Crippen LogP contribution in [0.4, 0.5) is 13.2 Å². The normalized spacial score (nSPS) is 12.4. The highest BCUT2D eigenvalue weighted by molar-refractivity contribution is 6.30. The Hall–Kier alpha value is -2.68. The summed E-state index contributed by atoms with van der Waals surface area (Å²) < 4.78 is 42.5. The molecule has 0 saturated carbocycles. The first-order chi connectivity index (χ1) is 12.6. The molecule has 0 bridgehead atoms. The Kier molecular flexibility index (Phi) is 6.37. The van der Waals surface area contributed by atoms with Gasteiger partial charge in [-0.1, -0.05) is 23.7 Å². The number of H-pyrrole nitrogens is 1. The molecule has 0 aliphatic carbocycles. The molecule has 0 spiro atoms. The van der Waals surface area contributed by atoms with Crippen LogP contribution in [0, 0.1) is 0 Å². The van der Waals surface area contributed by atoms with E-state index < -0.39 is 30.6 Å². The Bertz CT molecular complexity index is 819. The number of aromatic amines is 1. The van der Waals surface area contributed by atoms with Gasteiger partial charge in [-0.2, -0.15) is 13.2 Å². The molecule has 0 aliphatic heterocycles. The number of alkyl halides is 3. The fraction of sp³-hybridized carbons (Fsp3) is 0.294. The molecule has 1 aromatic heterocycles. The number of hydrogen-bond donors (Lipinski definition) is 3. The summed E-state index contributed by atoms with van der Waals surface area (Å²) >= 11 is 5.84. The van der Waals surface area contributed by atoms with Crippen LogP contribution >= 0.6 is 11.6 Å². The van der Waals surface area contributed by atoms with E-state index in [2.05, 4.69) is 10.3 Å². The van der Waals surface area contributed by atoms with Crippen molar-refractivity contribution >= 4 is 23.4 Å². The second kappa shape index (κ2) is 8.34. The van der Waals surface area contributed by atoms with E-state index in [0.29, 0.717) is 5.02 Å². The number of amides is 2. The Morgan fingerprint density at radius 1 is 1.22 bits per heavy atom. The van der Waals surface area contributed by atoms with E-state index in [1.54, 1.807) is 36.5 Å². The Morgan fingerprint density at radius 3 is 2.41 bits per heavy atom. The van der Waals surface area contributed by atoms with Crippen LogP contribution in [0.15, 0.2) is 30.3 Å². The van der Waals surface area contributed by atoms with Crippen molar-refractivity contribution < 1.29 is 27.5 Å². The average Bonchev–Trinajstić information content (AvgIpc) is 3.02. The van der Waals surface area contributed by atoms with Gasteiger partial charge in [-0.15, -0.1) is 0 Å². The van der Waals surface area contributed by atoms with Crippen LogP contribution in [0.3, 0.4) is 0 Å². The van der Waals surface area contributed by atoms with Gasteiger partial charge >= 0.3 is 6.18 Å². The first-order valence-electron chi connectivity index (χ1n) is 7.83. The van der Waals surface area contributed by atoms with Crippen molar-refractivity contribution in [2.45, 2.75) is 19.2 Å². The van der Waals surface area contributed by atoms with Crippen molar-refractivity contribution in [2.24, 2.45) is 0 Å². The van der Waals surface area contributed by atoms with Crippen LogP contribution in [-0.2, 0) is 0 Å². The number of nitrogens with one attached hydrogen (secondary N) is 3. The maximum atomic E-state index is 12.3. The molecule has 2 aromatic rings. The van der Waals surface area contributed by atoms with E-state index in [9.17, 15) is 22.8 Å². The molecule has 0 saturated heterocycles. The van der Waals surface area contributed by atoms with Gasteiger partial charge in [-0.25, -0.2) is 0 Å². The monoisotopic (exact) mass is 403 g/mol. The van der Waals surface area contributed by atoms with Crippen LogP contribution in [0.1, 0.15) is 39.6 Å². The number of aromatic nitrogens is 1. The van der Waals surface area contributed by atoms with E-state index in [1.165, 1.54) is 13.1 Å². The van der Waals surface area contributed by atoms with E-state index in [-0.39, 0.29) is 17.1 Å². The van der Waals surface area contributed by atoms with Crippen molar-refractivity contribution in [3.8, 4) is 5.75 Å². The van der Waals surface area contributed by atoms with Crippen LogP contribution in [-0.4, -0.2) is 36.6 Å². The van der Waals surface area contributed by atoms with Gasteiger partial charge in [0.1, 0.15) is 24.0 Å². The molecule has 0 unspecified atom stereocenters. The molecular weight excluding hydrogens is 387 g/mol. The second-order valence-electron chi connectivity index (χ2n) is 5.61. The third-order valence-electron chi connectivity index (χ3n) is 3.57. The largest absolute Gasteiger partial charge is 0.484 e. The molecule has 2 rings (SSSR count). The van der Waals surface area contributed by atoms with E-state index in [4.69, 9.17) is 16.3 Å². The van der Waals surface area contributed by atoms with E-state index in [0.717, 1.165) is 5.56 Å². The quantitative estimate of drug-likeness (QED) is 0.690. The topological polar surface area (TPSA) is 83.2 Å². The van der Waals surface area contributed by atoms with Gasteiger partial charge in [-0.05, 0) is 24.6 Å². The first-order valence-corrected chi connectivity index (χ1v) is 8.20. The van der Waals surface area contributed by atoms with Gasteiger partial charge in [0.2, 0.25) is 0 Å². The highest BCUT2D eigenvalue weighted by Crippen LogP contribution is 2.27. The highest BCUT2D eigenvalue weighted by atomic mass is 35.5. The van der Waals surface area contributed by atoms with Gasteiger partial charge in [0.25, 0.3) is 11.8 Å². The third-order valence-corrected chi connectivity index (χ3v) is 3.82. The number of carbonyl (C=O) groups is 2. The molecule has 0 fully saturated rings. The smallest absolute Gasteiger partial charge is 0.405 e. The number of halogens is 4. The molecule has 0 radical (unpaired) electrons. The van der Waals surface area contributed by atoms with Gasteiger partial charge < -0.3 is 20.4 Å². The first kappa shape index (κ1) is 20.6. The Morgan fingerprint density at radius 2 is 1.85 bits per heavy atom. The molecular formula is C17H17ClF3N3O3. The predicted molar refractivity (Wildman–Crippen MR) is 93.1 cm³/mol. The summed E-state index contributed by atoms with van der Waals surface area (Å²) in [5.74, 6) is -1.55. The summed E-state index contributed by atoms with van der Waals surface area (Å²) in [5.41, 5.74) is 0.457. The van der Waals surface area contributed by atoms with Crippen LogP contribution < -0.4 is 15.4 Å². The molecule has 1 aromatic carbocycles. The second-order valence-corrected chi connectivity index (χ2v) is 6.05. The van der Waals surface area contributed by atoms with Crippen molar-refractivity contribution in [3.63, 3.8) is 0 Å². The molecule has 2 amide bonds. The van der Waals surface area contributed by atoms with Gasteiger partial charge in [-0.3, -0.25) is 9.59 Å². The van der Waals surface area contributed by atoms with Crippen LogP contribution in [0.2, 0.25) is 5.02 Å². The van der Waals surface area contributed by atoms with Gasteiger partial charge in [0.15, 0.2) is 5.75 Å². The van der Waals surface area contributed by atoms with E-state index in [1.807, 2.05) is 0 Å². The molecule has 3 N–H and O–H groups in total. The number of ether oxygens (including phenoxy) is 1. The maximum Gasteiger partial charge on any atom is 0.405 e. The summed E-state index contributed by atoms with van der Waals surface area (Å²) in [6, 6.07) is 7.99. The summed E-state index contributed by atoms with van der Waals surface area (Å²) in [6.07, 6.45) is -5.05. The van der Waals surface area contributed by atoms with Crippen molar-refractivity contribution in [1.29, 1.82) is 0 Å². The summed E-state index contributed by atoms with van der Waals surface area (Å²) in [4.78, 5) is 26.4. The molecule has 1 atom stereocenters. The molecule has 6 nitrogen and oxygen atoms in total. The zero-order valence-electron chi connectivity index (χ0n) is 14.4. The minimum absolute atomic E-state index is 0.0361.